The summed E-state index contributed by atoms with van der Waals surface area (Å²) < 4.78 is 0. The third kappa shape index (κ3) is 3.53. The molecule has 1 rings (SSSR count). The second kappa shape index (κ2) is 5.40. The van der Waals surface area contributed by atoms with E-state index < -0.39 is 10.8 Å². The van der Waals surface area contributed by atoms with Crippen LogP contribution in [0.3, 0.4) is 0 Å². The standard InChI is InChI=1S/C10H10ClN3O3/c1-6(2)4-13-10(15)7-3-9(11)12-5-8(7)14(16)17/h3,5H,1,4H2,2H3,(H,13,15). The van der Waals surface area contributed by atoms with Gasteiger partial charge in [-0.05, 0) is 13.0 Å². The SMILES string of the molecule is C=C(C)CNC(=O)c1cc(Cl)ncc1[N+](=O)[O-]. The van der Waals surface area contributed by atoms with Crippen LogP contribution >= 0.6 is 11.6 Å². The maximum atomic E-state index is 11.7. The second-order valence-corrected chi connectivity index (χ2v) is 3.81. The number of halogens is 1. The van der Waals surface area contributed by atoms with Crippen LogP contribution in [0, 0.1) is 10.1 Å². The van der Waals surface area contributed by atoms with E-state index in [0.717, 1.165) is 17.8 Å². The van der Waals surface area contributed by atoms with E-state index in [-0.39, 0.29) is 22.9 Å². The number of amides is 1. The lowest BCUT2D eigenvalue weighted by molar-refractivity contribution is -0.385. The largest absolute Gasteiger partial charge is 0.348 e. The Balaban J connectivity index is 3.02. The fourth-order valence-corrected chi connectivity index (χ4v) is 1.23. The van der Waals surface area contributed by atoms with Gasteiger partial charge in [0.15, 0.2) is 0 Å². The molecule has 7 heteroatoms. The Hall–Kier alpha value is -1.95. The molecule has 0 saturated heterocycles. The highest BCUT2D eigenvalue weighted by Gasteiger charge is 2.20. The Morgan fingerprint density at radius 2 is 2.35 bits per heavy atom. The van der Waals surface area contributed by atoms with Gasteiger partial charge in [0.05, 0.1) is 4.92 Å². The van der Waals surface area contributed by atoms with Crippen LogP contribution in [0.25, 0.3) is 0 Å². The van der Waals surface area contributed by atoms with E-state index in [1.165, 1.54) is 0 Å². The predicted molar refractivity (Wildman–Crippen MR) is 63.0 cm³/mol. The molecule has 0 fully saturated rings. The Bertz CT molecular complexity index is 488. The molecule has 1 aromatic rings. The first kappa shape index (κ1) is 13.1. The van der Waals surface area contributed by atoms with Crippen LogP contribution in [0.2, 0.25) is 5.15 Å². The topological polar surface area (TPSA) is 85.1 Å². The molecule has 1 heterocycles. The molecule has 0 radical (unpaired) electrons. The van der Waals surface area contributed by atoms with Gasteiger partial charge in [-0.2, -0.15) is 0 Å². The van der Waals surface area contributed by atoms with Gasteiger partial charge in [0, 0.05) is 6.54 Å². The first-order chi connectivity index (χ1) is 7.91. The maximum absolute atomic E-state index is 11.7. The summed E-state index contributed by atoms with van der Waals surface area (Å²) in [6.45, 7) is 5.59. The highest BCUT2D eigenvalue weighted by molar-refractivity contribution is 6.29. The average molecular weight is 256 g/mol. The lowest BCUT2D eigenvalue weighted by Crippen LogP contribution is -2.25. The van der Waals surface area contributed by atoms with Crippen molar-refractivity contribution in [3.63, 3.8) is 0 Å². The first-order valence-corrected chi connectivity index (χ1v) is 5.02. The monoisotopic (exact) mass is 255 g/mol. The maximum Gasteiger partial charge on any atom is 0.300 e. The summed E-state index contributed by atoms with van der Waals surface area (Å²) in [5.74, 6) is -0.580. The number of nitro groups is 1. The molecule has 6 nitrogen and oxygen atoms in total. The van der Waals surface area contributed by atoms with Crippen molar-refractivity contribution in [3.05, 3.63) is 45.2 Å². The molecular weight excluding hydrogens is 246 g/mol. The molecule has 17 heavy (non-hydrogen) atoms. The second-order valence-electron chi connectivity index (χ2n) is 3.42. The van der Waals surface area contributed by atoms with Crippen molar-refractivity contribution in [1.82, 2.24) is 10.3 Å². The first-order valence-electron chi connectivity index (χ1n) is 4.64. The Morgan fingerprint density at radius 3 is 2.88 bits per heavy atom. The summed E-state index contributed by atoms with van der Waals surface area (Å²) in [6.07, 6.45) is 0.956. The summed E-state index contributed by atoms with van der Waals surface area (Å²) >= 11 is 5.60. The minimum absolute atomic E-state index is 0.0241. The number of nitrogens with zero attached hydrogens (tertiary/aromatic N) is 2. The zero-order valence-electron chi connectivity index (χ0n) is 9.07. The Morgan fingerprint density at radius 1 is 1.71 bits per heavy atom. The molecule has 0 aliphatic carbocycles. The molecular formula is C10H10ClN3O3. The molecule has 1 aromatic heterocycles. The quantitative estimate of drug-likeness (QED) is 0.386. The van der Waals surface area contributed by atoms with Gasteiger partial charge in [-0.25, -0.2) is 4.98 Å². The molecule has 0 spiro atoms. The van der Waals surface area contributed by atoms with E-state index in [1.807, 2.05) is 0 Å². The van der Waals surface area contributed by atoms with E-state index in [4.69, 9.17) is 11.6 Å². The van der Waals surface area contributed by atoms with Crippen molar-refractivity contribution < 1.29 is 9.72 Å². The molecule has 0 aliphatic heterocycles. The van der Waals surface area contributed by atoms with Crippen LogP contribution in [0.4, 0.5) is 5.69 Å². The fourth-order valence-electron chi connectivity index (χ4n) is 1.08. The summed E-state index contributed by atoms with van der Waals surface area (Å²) in [5, 5.41) is 13.2. The summed E-state index contributed by atoms with van der Waals surface area (Å²) in [4.78, 5) is 25.3. The summed E-state index contributed by atoms with van der Waals surface area (Å²) in [5.41, 5.74) is 0.242. The van der Waals surface area contributed by atoms with E-state index in [1.54, 1.807) is 6.92 Å². The van der Waals surface area contributed by atoms with Gasteiger partial charge in [-0.1, -0.05) is 23.8 Å². The van der Waals surface area contributed by atoms with Crippen LogP contribution < -0.4 is 5.32 Å². The number of rotatable bonds is 4. The van der Waals surface area contributed by atoms with Gasteiger partial charge in [0.2, 0.25) is 0 Å². The minimum atomic E-state index is -0.682. The van der Waals surface area contributed by atoms with E-state index in [0.29, 0.717) is 0 Å². The molecule has 0 aliphatic rings. The number of hydrogen-bond donors (Lipinski definition) is 1. The van der Waals surface area contributed by atoms with Crippen LogP contribution in [0.5, 0.6) is 0 Å². The van der Waals surface area contributed by atoms with Crippen LogP contribution in [-0.4, -0.2) is 22.4 Å². The third-order valence-corrected chi connectivity index (χ3v) is 2.05. The molecule has 0 bridgehead atoms. The van der Waals surface area contributed by atoms with Crippen LogP contribution in [-0.2, 0) is 0 Å². The van der Waals surface area contributed by atoms with Crippen molar-refractivity contribution >= 4 is 23.2 Å². The lowest BCUT2D eigenvalue weighted by atomic mass is 10.2. The summed E-state index contributed by atoms with van der Waals surface area (Å²) in [7, 11) is 0. The molecule has 1 N–H and O–H groups in total. The predicted octanol–water partition coefficient (Wildman–Crippen LogP) is 1.95. The average Bonchev–Trinajstić information content (AvgIpc) is 2.25. The summed E-state index contributed by atoms with van der Waals surface area (Å²) in [6, 6.07) is 1.16. The minimum Gasteiger partial charge on any atom is -0.348 e. The molecule has 0 unspecified atom stereocenters. The van der Waals surface area contributed by atoms with Gasteiger partial charge in [-0.15, -0.1) is 0 Å². The van der Waals surface area contributed by atoms with Crippen LogP contribution in [0.1, 0.15) is 17.3 Å². The Labute approximate surface area is 102 Å². The number of nitrogens with one attached hydrogen (secondary N) is 1. The Kier molecular flexibility index (Phi) is 4.17. The van der Waals surface area contributed by atoms with Crippen molar-refractivity contribution in [3.8, 4) is 0 Å². The molecule has 0 saturated carbocycles. The zero-order chi connectivity index (χ0) is 13.0. The van der Waals surface area contributed by atoms with Gasteiger partial charge < -0.3 is 5.32 Å². The number of carbonyl (C=O) groups is 1. The molecule has 0 aromatic carbocycles. The highest BCUT2D eigenvalue weighted by Crippen LogP contribution is 2.20. The number of aromatic nitrogens is 1. The zero-order valence-corrected chi connectivity index (χ0v) is 9.82. The van der Waals surface area contributed by atoms with Crippen molar-refractivity contribution in [2.75, 3.05) is 6.54 Å². The smallest absolute Gasteiger partial charge is 0.300 e. The molecule has 90 valence electrons. The van der Waals surface area contributed by atoms with E-state index in [9.17, 15) is 14.9 Å². The van der Waals surface area contributed by atoms with Crippen molar-refractivity contribution in [2.45, 2.75) is 6.92 Å². The normalized spacial score (nSPS) is 9.76. The third-order valence-electron chi connectivity index (χ3n) is 1.84. The number of pyridine rings is 1. The molecule has 0 atom stereocenters. The van der Waals surface area contributed by atoms with E-state index in [2.05, 4.69) is 16.9 Å². The number of carbonyl (C=O) groups excluding carboxylic acids is 1. The fraction of sp³-hybridized carbons (Fsp3) is 0.200. The van der Waals surface area contributed by atoms with Crippen LogP contribution in [0.15, 0.2) is 24.4 Å². The van der Waals surface area contributed by atoms with Gasteiger partial charge in [0.25, 0.3) is 11.6 Å². The molecule has 1 amide bonds. The van der Waals surface area contributed by atoms with Gasteiger partial charge in [-0.3, -0.25) is 14.9 Å². The van der Waals surface area contributed by atoms with E-state index >= 15 is 0 Å². The highest BCUT2D eigenvalue weighted by atomic mass is 35.5. The van der Waals surface area contributed by atoms with Gasteiger partial charge >= 0.3 is 0 Å². The van der Waals surface area contributed by atoms with Gasteiger partial charge in [0.1, 0.15) is 16.9 Å². The van der Waals surface area contributed by atoms with Crippen molar-refractivity contribution in [2.24, 2.45) is 0 Å². The number of hydrogen-bond acceptors (Lipinski definition) is 4. The lowest BCUT2D eigenvalue weighted by Gasteiger charge is -2.05. The van der Waals surface area contributed by atoms with Crippen molar-refractivity contribution in [1.29, 1.82) is 0 Å².